The Morgan fingerprint density at radius 1 is 1.39 bits per heavy atom. The molecule has 1 aromatic heterocycles. The topological polar surface area (TPSA) is 80.6 Å². The summed E-state index contributed by atoms with van der Waals surface area (Å²) in [5.41, 5.74) is 0. The number of carbonyl (C=O) groups is 2. The van der Waals surface area contributed by atoms with Gasteiger partial charge in [0.25, 0.3) is 5.91 Å². The van der Waals surface area contributed by atoms with E-state index in [-0.39, 0.29) is 17.6 Å². The highest BCUT2D eigenvalue weighted by Gasteiger charge is 2.12. The highest BCUT2D eigenvalue weighted by Crippen LogP contribution is 1.98. The number of hydrogen-bond acceptors (Lipinski definition) is 4. The van der Waals surface area contributed by atoms with E-state index in [1.54, 1.807) is 19.1 Å². The molecule has 1 atom stereocenters. The lowest BCUT2D eigenvalue weighted by molar-refractivity contribution is -0.131. The molecule has 2 N–H and O–H groups in total. The summed E-state index contributed by atoms with van der Waals surface area (Å²) in [4.78, 5) is 22.9. The third-order valence-corrected chi connectivity index (χ3v) is 2.24. The Kier molecular flexibility index (Phi) is 5.93. The Labute approximate surface area is 106 Å². The van der Waals surface area contributed by atoms with Crippen molar-refractivity contribution in [3.8, 4) is 0 Å². The Hall–Kier alpha value is -1.82. The highest BCUT2D eigenvalue weighted by molar-refractivity contribution is 5.91. The fourth-order valence-corrected chi connectivity index (χ4v) is 1.33. The van der Waals surface area contributed by atoms with Gasteiger partial charge in [0, 0.05) is 19.7 Å². The third kappa shape index (κ3) is 4.58. The molecule has 0 saturated carbocycles. The Balaban J connectivity index is 2.15. The van der Waals surface area contributed by atoms with Crippen LogP contribution in [0.2, 0.25) is 0 Å². The fourth-order valence-electron chi connectivity index (χ4n) is 1.33. The molecule has 0 aliphatic rings. The predicted octanol–water partition coefficient (Wildman–Crippen LogP) is 0.551. The number of ether oxygens (including phenoxy) is 1. The second kappa shape index (κ2) is 7.50. The highest BCUT2D eigenvalue weighted by atomic mass is 16.5. The van der Waals surface area contributed by atoms with Gasteiger partial charge in [-0.3, -0.25) is 9.59 Å². The van der Waals surface area contributed by atoms with Gasteiger partial charge in [-0.15, -0.1) is 0 Å². The minimum absolute atomic E-state index is 0.191. The average molecular weight is 254 g/mol. The lowest BCUT2D eigenvalue weighted by Crippen LogP contribution is -2.39. The van der Waals surface area contributed by atoms with Gasteiger partial charge >= 0.3 is 0 Å². The number of hydrogen-bond donors (Lipinski definition) is 2. The Morgan fingerprint density at radius 2 is 2.11 bits per heavy atom. The molecule has 0 bridgehead atoms. The summed E-state index contributed by atoms with van der Waals surface area (Å²) in [6, 6.07) is 3.21. The first-order valence-electron chi connectivity index (χ1n) is 5.86. The van der Waals surface area contributed by atoms with Gasteiger partial charge in [-0.1, -0.05) is 0 Å². The maximum Gasteiger partial charge on any atom is 0.287 e. The number of furan rings is 1. The zero-order valence-electron chi connectivity index (χ0n) is 10.6. The van der Waals surface area contributed by atoms with E-state index in [1.165, 1.54) is 6.26 Å². The standard InChI is InChI=1S/C12H18N2O4/c1-3-17-9(2)11(15)13-6-7-14-12(16)10-5-4-8-18-10/h4-5,8-9H,3,6-7H2,1-2H3,(H,13,15)(H,14,16). The normalized spacial score (nSPS) is 11.9. The largest absolute Gasteiger partial charge is 0.459 e. The summed E-state index contributed by atoms with van der Waals surface area (Å²) < 4.78 is 10.1. The van der Waals surface area contributed by atoms with Crippen molar-refractivity contribution in [1.82, 2.24) is 10.6 Å². The van der Waals surface area contributed by atoms with Crippen LogP contribution in [0.15, 0.2) is 22.8 Å². The number of nitrogens with one attached hydrogen (secondary N) is 2. The zero-order chi connectivity index (χ0) is 13.4. The molecule has 0 aromatic carbocycles. The van der Waals surface area contributed by atoms with E-state index in [2.05, 4.69) is 10.6 Å². The van der Waals surface area contributed by atoms with Crippen LogP contribution < -0.4 is 10.6 Å². The van der Waals surface area contributed by atoms with Crippen molar-refractivity contribution in [1.29, 1.82) is 0 Å². The zero-order valence-corrected chi connectivity index (χ0v) is 10.6. The van der Waals surface area contributed by atoms with Crippen molar-refractivity contribution < 1.29 is 18.7 Å². The van der Waals surface area contributed by atoms with Crippen molar-refractivity contribution >= 4 is 11.8 Å². The van der Waals surface area contributed by atoms with Crippen molar-refractivity contribution in [2.24, 2.45) is 0 Å². The summed E-state index contributed by atoms with van der Waals surface area (Å²) in [6.45, 7) is 4.68. The van der Waals surface area contributed by atoms with Crippen molar-refractivity contribution in [3.05, 3.63) is 24.2 Å². The van der Waals surface area contributed by atoms with E-state index in [0.29, 0.717) is 19.7 Å². The molecular formula is C12H18N2O4. The van der Waals surface area contributed by atoms with Gasteiger partial charge < -0.3 is 19.8 Å². The lowest BCUT2D eigenvalue weighted by Gasteiger charge is -2.12. The second-order valence-corrected chi connectivity index (χ2v) is 3.62. The first kappa shape index (κ1) is 14.2. The Morgan fingerprint density at radius 3 is 2.72 bits per heavy atom. The van der Waals surface area contributed by atoms with Crippen LogP contribution >= 0.6 is 0 Å². The summed E-state index contributed by atoms with van der Waals surface area (Å²) in [5, 5.41) is 5.28. The molecule has 0 radical (unpaired) electrons. The van der Waals surface area contributed by atoms with Gasteiger partial charge in [-0.25, -0.2) is 0 Å². The van der Waals surface area contributed by atoms with Crippen LogP contribution in [0, 0.1) is 0 Å². The number of rotatable bonds is 7. The molecule has 1 rings (SSSR count). The van der Waals surface area contributed by atoms with Crippen molar-refractivity contribution in [2.75, 3.05) is 19.7 Å². The third-order valence-electron chi connectivity index (χ3n) is 2.24. The van der Waals surface area contributed by atoms with E-state index >= 15 is 0 Å². The second-order valence-electron chi connectivity index (χ2n) is 3.62. The van der Waals surface area contributed by atoms with Crippen LogP contribution in [0.3, 0.4) is 0 Å². The first-order chi connectivity index (χ1) is 8.65. The van der Waals surface area contributed by atoms with Gasteiger partial charge in [0.15, 0.2) is 5.76 Å². The fraction of sp³-hybridized carbons (Fsp3) is 0.500. The maximum atomic E-state index is 11.4. The van der Waals surface area contributed by atoms with Crippen molar-refractivity contribution in [2.45, 2.75) is 20.0 Å². The SMILES string of the molecule is CCOC(C)C(=O)NCCNC(=O)c1ccco1. The van der Waals surface area contributed by atoms with Crippen LogP contribution in [0.1, 0.15) is 24.4 Å². The maximum absolute atomic E-state index is 11.4. The molecule has 1 heterocycles. The summed E-state index contributed by atoms with van der Waals surface area (Å²) in [6.07, 6.45) is 0.955. The molecule has 1 aromatic rings. The molecule has 6 nitrogen and oxygen atoms in total. The molecular weight excluding hydrogens is 236 g/mol. The van der Waals surface area contributed by atoms with E-state index < -0.39 is 6.10 Å². The molecule has 6 heteroatoms. The predicted molar refractivity (Wildman–Crippen MR) is 65.1 cm³/mol. The van der Waals surface area contributed by atoms with Gasteiger partial charge in [0.05, 0.1) is 6.26 Å². The molecule has 0 aliphatic heterocycles. The van der Waals surface area contributed by atoms with Crippen molar-refractivity contribution in [3.63, 3.8) is 0 Å². The summed E-state index contributed by atoms with van der Waals surface area (Å²) in [5.74, 6) is -0.236. The average Bonchev–Trinajstić information content (AvgIpc) is 2.88. The van der Waals surface area contributed by atoms with E-state index in [9.17, 15) is 9.59 Å². The van der Waals surface area contributed by atoms with Gasteiger partial charge in [0.1, 0.15) is 6.10 Å². The van der Waals surface area contributed by atoms with Crippen LogP contribution in [-0.4, -0.2) is 37.6 Å². The van der Waals surface area contributed by atoms with Gasteiger partial charge in [-0.05, 0) is 26.0 Å². The number of carbonyl (C=O) groups excluding carboxylic acids is 2. The smallest absolute Gasteiger partial charge is 0.287 e. The van der Waals surface area contributed by atoms with Gasteiger partial charge in [-0.2, -0.15) is 0 Å². The molecule has 0 saturated heterocycles. The van der Waals surface area contributed by atoms with Crippen LogP contribution in [-0.2, 0) is 9.53 Å². The molecule has 0 fully saturated rings. The molecule has 0 spiro atoms. The van der Waals surface area contributed by atoms with Crippen LogP contribution in [0.5, 0.6) is 0 Å². The van der Waals surface area contributed by atoms with E-state index in [0.717, 1.165) is 0 Å². The van der Waals surface area contributed by atoms with E-state index in [4.69, 9.17) is 9.15 Å². The molecule has 1 unspecified atom stereocenters. The molecule has 18 heavy (non-hydrogen) atoms. The van der Waals surface area contributed by atoms with Crippen LogP contribution in [0.4, 0.5) is 0 Å². The first-order valence-corrected chi connectivity index (χ1v) is 5.86. The molecule has 0 aliphatic carbocycles. The monoisotopic (exact) mass is 254 g/mol. The summed E-state index contributed by atoms with van der Waals surface area (Å²) >= 11 is 0. The minimum Gasteiger partial charge on any atom is -0.459 e. The molecule has 2 amide bonds. The van der Waals surface area contributed by atoms with Gasteiger partial charge in [0.2, 0.25) is 5.91 Å². The van der Waals surface area contributed by atoms with Crippen LogP contribution in [0.25, 0.3) is 0 Å². The molecule has 100 valence electrons. The minimum atomic E-state index is -0.476. The Bertz CT molecular complexity index is 375. The lowest BCUT2D eigenvalue weighted by atomic mass is 10.3. The summed E-state index contributed by atoms with van der Waals surface area (Å²) in [7, 11) is 0. The quantitative estimate of drug-likeness (QED) is 0.696. The van der Waals surface area contributed by atoms with E-state index in [1.807, 2.05) is 6.92 Å². The number of amides is 2.